The molecular weight excluding hydrogens is 564 g/mol. The SMILES string of the molecule is C[n+]1ccn(CC(Cn2cc[n+](C)c2)C(=O)NCCCCC(NC(=O)C(Cn2cc[n+](C)c2)C[N+]2=C[NH+](C)C=C2)C(=O)O)c1. The Labute approximate surface area is 257 Å². The number of nitrogens with one attached hydrogen (secondary N) is 3. The Kier molecular flexibility index (Phi) is 11.2. The van der Waals surface area contributed by atoms with Gasteiger partial charge >= 0.3 is 12.3 Å². The van der Waals surface area contributed by atoms with E-state index in [2.05, 4.69) is 10.6 Å². The summed E-state index contributed by atoms with van der Waals surface area (Å²) in [5, 5.41) is 15.7. The Morgan fingerprint density at radius 1 is 0.818 bits per heavy atom. The van der Waals surface area contributed by atoms with Gasteiger partial charge in [0.25, 0.3) is 0 Å². The number of hydrogen-bond acceptors (Lipinski definition) is 3. The van der Waals surface area contributed by atoms with E-state index in [-0.39, 0.29) is 24.2 Å². The van der Waals surface area contributed by atoms with Crippen molar-refractivity contribution in [2.75, 3.05) is 20.1 Å². The van der Waals surface area contributed by atoms with Gasteiger partial charge < -0.3 is 15.7 Å². The monoisotopic (exact) mass is 611 g/mol. The predicted molar refractivity (Wildman–Crippen MR) is 157 cm³/mol. The van der Waals surface area contributed by atoms with Crippen LogP contribution in [0.5, 0.6) is 0 Å². The van der Waals surface area contributed by atoms with Gasteiger partial charge in [0.1, 0.15) is 74.7 Å². The van der Waals surface area contributed by atoms with Gasteiger partial charge in [0.2, 0.25) is 37.0 Å². The standard InChI is InChI=1S/C30H43N10O4/c1-33-9-13-37(21-33)17-25(18-38-14-10-34(2)22-38)28(41)31-8-6-5-7-27(30(43)44)32-29(42)26(19-39-15-11-35(3)23-39)20-40-16-12-36(4)24-40/h9-16,21-27H,5-8,17-20H2,1-4H3/q+1/p+4. The molecular formula is C30H47N10O4+5. The lowest BCUT2D eigenvalue weighted by atomic mass is 10.1. The third-order valence-corrected chi connectivity index (χ3v) is 7.67. The van der Waals surface area contributed by atoms with E-state index in [0.29, 0.717) is 45.6 Å². The van der Waals surface area contributed by atoms with E-state index in [1.807, 2.05) is 135 Å². The maximum absolute atomic E-state index is 13.4. The number of carbonyl (C=O) groups is 3. The number of nitrogens with zero attached hydrogens (tertiary/aromatic N) is 7. The summed E-state index contributed by atoms with van der Waals surface area (Å²) in [5.74, 6) is -2.16. The van der Waals surface area contributed by atoms with Crippen LogP contribution in [-0.4, -0.2) is 73.7 Å². The Hall–Kier alpha value is -4.59. The number of imidazole rings is 3. The number of unbranched alkanes of at least 4 members (excludes halogenated alkanes) is 1. The molecule has 14 nitrogen and oxygen atoms in total. The molecule has 0 radical (unpaired) electrons. The fraction of sp³-hybridized carbons (Fsp3) is 0.500. The lowest BCUT2D eigenvalue weighted by Gasteiger charge is -2.18. The van der Waals surface area contributed by atoms with Gasteiger partial charge in [-0.2, -0.15) is 4.58 Å². The summed E-state index contributed by atoms with van der Waals surface area (Å²) >= 11 is 0. The number of quaternary nitrogens is 1. The number of aromatic nitrogens is 6. The van der Waals surface area contributed by atoms with E-state index in [9.17, 15) is 19.5 Å². The highest BCUT2D eigenvalue weighted by atomic mass is 16.4. The maximum atomic E-state index is 13.4. The number of rotatable bonds is 17. The second-order valence-corrected chi connectivity index (χ2v) is 11.8. The van der Waals surface area contributed by atoms with E-state index >= 15 is 0 Å². The molecule has 3 unspecified atom stereocenters. The lowest BCUT2D eigenvalue weighted by Crippen LogP contribution is -3.02. The maximum Gasteiger partial charge on any atom is 0.335 e. The van der Waals surface area contributed by atoms with Gasteiger partial charge in [-0.1, -0.05) is 0 Å². The molecule has 44 heavy (non-hydrogen) atoms. The van der Waals surface area contributed by atoms with Gasteiger partial charge in [0, 0.05) is 6.54 Å². The van der Waals surface area contributed by atoms with Crippen LogP contribution in [-0.2, 0) is 55.2 Å². The molecule has 1 aliphatic rings. The van der Waals surface area contributed by atoms with E-state index < -0.39 is 17.9 Å². The number of aliphatic carboxylic acids is 1. The normalized spacial score (nSPS) is 15.8. The number of amides is 2. The summed E-state index contributed by atoms with van der Waals surface area (Å²) in [4.78, 5) is 39.7. The molecule has 0 aromatic carbocycles. The van der Waals surface area contributed by atoms with Crippen LogP contribution in [0.25, 0.3) is 0 Å². The summed E-state index contributed by atoms with van der Waals surface area (Å²) < 4.78 is 13.7. The zero-order valence-corrected chi connectivity index (χ0v) is 26.1. The third-order valence-electron chi connectivity index (χ3n) is 7.67. The van der Waals surface area contributed by atoms with Crippen LogP contribution in [0, 0.1) is 11.8 Å². The topological polar surface area (TPSA) is 129 Å². The van der Waals surface area contributed by atoms with Crippen molar-refractivity contribution in [3.63, 3.8) is 0 Å². The van der Waals surface area contributed by atoms with E-state index in [1.54, 1.807) is 0 Å². The number of carboxylic acid groups (broad SMARTS) is 1. The summed E-state index contributed by atoms with van der Waals surface area (Å²) in [6.07, 6.45) is 24.6. The van der Waals surface area contributed by atoms with Crippen molar-refractivity contribution in [3.8, 4) is 0 Å². The fourth-order valence-corrected chi connectivity index (χ4v) is 5.35. The van der Waals surface area contributed by atoms with E-state index in [4.69, 9.17) is 0 Å². The van der Waals surface area contributed by atoms with Crippen molar-refractivity contribution in [2.45, 2.75) is 44.9 Å². The number of carbonyl (C=O) groups excluding carboxylic acids is 2. The van der Waals surface area contributed by atoms with E-state index in [1.165, 1.54) is 0 Å². The van der Waals surface area contributed by atoms with Gasteiger partial charge in [-0.05, 0) is 19.3 Å². The molecule has 3 atom stereocenters. The minimum absolute atomic E-state index is 0.0534. The Bertz CT molecular complexity index is 1440. The molecule has 0 fully saturated rings. The molecule has 4 heterocycles. The quantitative estimate of drug-likeness (QED) is 0.0964. The summed E-state index contributed by atoms with van der Waals surface area (Å²) in [6.45, 7) is 2.35. The first kappa shape index (κ1) is 32.3. The Morgan fingerprint density at radius 3 is 1.82 bits per heavy atom. The van der Waals surface area contributed by atoms with Gasteiger partial charge in [-0.25, -0.2) is 37.1 Å². The highest BCUT2D eigenvalue weighted by molar-refractivity contribution is 5.85. The summed E-state index contributed by atoms with van der Waals surface area (Å²) in [5.41, 5.74) is 0. The van der Waals surface area contributed by atoms with Gasteiger partial charge in [0.05, 0.1) is 28.2 Å². The molecule has 0 saturated heterocycles. The smallest absolute Gasteiger partial charge is 0.335 e. The first-order valence-electron chi connectivity index (χ1n) is 15.0. The molecule has 14 heteroatoms. The van der Waals surface area contributed by atoms with Crippen molar-refractivity contribution >= 4 is 24.1 Å². The summed E-state index contributed by atoms with van der Waals surface area (Å²) in [7, 11) is 7.78. The second kappa shape index (κ2) is 15.2. The van der Waals surface area contributed by atoms with Crippen LogP contribution in [0.3, 0.4) is 0 Å². The molecule has 1 aliphatic heterocycles. The Balaban J connectivity index is 1.28. The zero-order chi connectivity index (χ0) is 31.6. The number of aryl methyl sites for hydroxylation is 3. The molecule has 3 aromatic heterocycles. The van der Waals surface area contributed by atoms with Crippen LogP contribution in [0.4, 0.5) is 0 Å². The first-order chi connectivity index (χ1) is 21.0. The molecule has 3 aromatic rings. The average molecular weight is 612 g/mol. The first-order valence-corrected chi connectivity index (χ1v) is 15.0. The zero-order valence-electron chi connectivity index (χ0n) is 26.1. The largest absolute Gasteiger partial charge is 0.480 e. The van der Waals surface area contributed by atoms with Crippen molar-refractivity contribution in [3.05, 3.63) is 68.6 Å². The highest BCUT2D eigenvalue weighted by Gasteiger charge is 2.32. The van der Waals surface area contributed by atoms with Crippen molar-refractivity contribution < 1.29 is 42.7 Å². The van der Waals surface area contributed by atoms with Gasteiger partial charge in [0.15, 0.2) is 12.7 Å². The van der Waals surface area contributed by atoms with E-state index in [0.717, 1.165) is 4.90 Å². The van der Waals surface area contributed by atoms with Crippen LogP contribution >= 0.6 is 0 Å². The van der Waals surface area contributed by atoms with Crippen molar-refractivity contribution in [1.82, 2.24) is 24.3 Å². The van der Waals surface area contributed by atoms with Gasteiger partial charge in [-0.15, -0.1) is 0 Å². The molecule has 236 valence electrons. The molecule has 0 saturated carbocycles. The minimum atomic E-state index is -1.06. The van der Waals surface area contributed by atoms with Crippen molar-refractivity contribution in [1.29, 1.82) is 0 Å². The minimum Gasteiger partial charge on any atom is -0.480 e. The molecule has 2 amide bonds. The molecule has 0 aliphatic carbocycles. The molecule has 0 bridgehead atoms. The molecule has 4 N–H and O–H groups in total. The lowest BCUT2D eigenvalue weighted by molar-refractivity contribution is -0.725. The van der Waals surface area contributed by atoms with Crippen LogP contribution < -0.4 is 29.2 Å². The third kappa shape index (κ3) is 9.73. The van der Waals surface area contributed by atoms with Crippen LogP contribution in [0.1, 0.15) is 19.3 Å². The van der Waals surface area contributed by atoms with Crippen LogP contribution in [0.2, 0.25) is 0 Å². The molecule has 0 spiro atoms. The Morgan fingerprint density at radius 2 is 1.36 bits per heavy atom. The van der Waals surface area contributed by atoms with Crippen LogP contribution in [0.15, 0.2) is 68.6 Å². The van der Waals surface area contributed by atoms with Crippen molar-refractivity contribution in [2.24, 2.45) is 33.0 Å². The average Bonchev–Trinajstić information content (AvgIpc) is 3.77. The molecule has 4 rings (SSSR count). The number of hydrogen-bond donors (Lipinski definition) is 4. The predicted octanol–water partition coefficient (Wildman–Crippen LogP) is -2.91. The highest BCUT2D eigenvalue weighted by Crippen LogP contribution is 2.09. The summed E-state index contributed by atoms with van der Waals surface area (Å²) in [6, 6.07) is -1.01. The second-order valence-electron chi connectivity index (χ2n) is 11.8. The fourth-order valence-electron chi connectivity index (χ4n) is 5.35. The number of carboxylic acids is 1. The van der Waals surface area contributed by atoms with Gasteiger partial charge in [-0.3, -0.25) is 9.59 Å².